The number of benzene rings is 2. The Hall–Kier alpha value is -4.51. The smallest absolute Gasteiger partial charge is 0.417 e. The summed E-state index contributed by atoms with van der Waals surface area (Å²) in [6.07, 6.45) is -4.73. The summed E-state index contributed by atoms with van der Waals surface area (Å²) in [5, 5.41) is 0. The van der Waals surface area contributed by atoms with Crippen LogP contribution in [-0.2, 0) is 15.8 Å². The third-order valence-electron chi connectivity index (χ3n) is 4.47. The number of furan rings is 1. The highest BCUT2D eigenvalue weighted by molar-refractivity contribution is 5.89. The van der Waals surface area contributed by atoms with E-state index < -0.39 is 23.7 Å². The Kier molecular flexibility index (Phi) is 7.31. The molecule has 0 aliphatic rings. The molecule has 178 valence electrons. The number of hydrogen-bond acceptors (Lipinski definition) is 5. The molecule has 8 heteroatoms. The Balaban J connectivity index is 1.83. The Morgan fingerprint density at radius 1 is 0.829 bits per heavy atom. The lowest BCUT2D eigenvalue weighted by Crippen LogP contribution is -2.11. The summed E-state index contributed by atoms with van der Waals surface area (Å²) < 4.78 is 56.6. The molecule has 2 aromatic carbocycles. The van der Waals surface area contributed by atoms with Crippen LogP contribution in [0.15, 0.2) is 83.3 Å². The number of rotatable bonds is 5. The predicted octanol–water partition coefficient (Wildman–Crippen LogP) is 6.33. The summed E-state index contributed by atoms with van der Waals surface area (Å²) in [5.41, 5.74) is -0.376. The van der Waals surface area contributed by atoms with Crippen LogP contribution in [0.1, 0.15) is 30.7 Å². The standard InChI is InChI=1S/C27H19F3O5/c1-16(2)25(31)34-20-9-6-18(7-10-20)5-8-19-12-14-24(33-19)22-13-11-21(35-26(32)17(3)4)15-23(22)27(28,29)30/h6-7,9-15H,1,3H2,2,4H3. The number of halogens is 3. The molecular weight excluding hydrogens is 461 g/mol. The predicted molar refractivity (Wildman–Crippen MR) is 122 cm³/mol. The SMILES string of the molecule is C=C(C)C(=O)Oc1ccc(C#Cc2ccc(-c3ccc(OC(=O)C(=C)C)cc3C(F)(F)F)o2)cc1. The van der Waals surface area contributed by atoms with Crippen LogP contribution in [0.2, 0.25) is 0 Å². The van der Waals surface area contributed by atoms with Crippen molar-refractivity contribution < 1.29 is 36.7 Å². The van der Waals surface area contributed by atoms with Gasteiger partial charge in [0, 0.05) is 22.3 Å². The van der Waals surface area contributed by atoms with Crippen LogP contribution < -0.4 is 9.47 Å². The fraction of sp³-hybridized carbons (Fsp3) is 0.111. The number of carbonyl (C=O) groups is 2. The van der Waals surface area contributed by atoms with Gasteiger partial charge in [-0.25, -0.2) is 9.59 Å². The molecule has 0 aliphatic heterocycles. The van der Waals surface area contributed by atoms with Crippen LogP contribution in [0.25, 0.3) is 11.3 Å². The van der Waals surface area contributed by atoms with Crippen molar-refractivity contribution in [2.45, 2.75) is 20.0 Å². The maximum absolute atomic E-state index is 13.7. The van der Waals surface area contributed by atoms with Gasteiger partial charge in [-0.15, -0.1) is 0 Å². The van der Waals surface area contributed by atoms with Gasteiger partial charge in [-0.3, -0.25) is 0 Å². The summed E-state index contributed by atoms with van der Waals surface area (Å²) in [4.78, 5) is 23.2. The van der Waals surface area contributed by atoms with Crippen molar-refractivity contribution in [2.24, 2.45) is 0 Å². The van der Waals surface area contributed by atoms with Gasteiger partial charge in [-0.1, -0.05) is 19.1 Å². The lowest BCUT2D eigenvalue weighted by Gasteiger charge is -2.13. The first-order valence-electron chi connectivity index (χ1n) is 10.1. The summed E-state index contributed by atoms with van der Waals surface area (Å²) in [5.74, 6) is 4.33. The first-order chi connectivity index (χ1) is 16.4. The number of carbonyl (C=O) groups excluding carboxylic acids is 2. The quantitative estimate of drug-likeness (QED) is 0.185. The van der Waals surface area contributed by atoms with Gasteiger partial charge in [0.05, 0.1) is 5.56 Å². The Labute approximate surface area is 199 Å². The van der Waals surface area contributed by atoms with E-state index in [2.05, 4.69) is 25.0 Å². The summed E-state index contributed by atoms with van der Waals surface area (Å²) in [6, 6.07) is 12.3. The van der Waals surface area contributed by atoms with Crippen molar-refractivity contribution in [3.05, 3.63) is 95.8 Å². The van der Waals surface area contributed by atoms with Gasteiger partial charge in [-0.05, 0) is 74.4 Å². The zero-order valence-electron chi connectivity index (χ0n) is 18.8. The molecule has 3 rings (SSSR count). The fourth-order valence-electron chi connectivity index (χ4n) is 2.71. The second kappa shape index (κ2) is 10.2. The number of hydrogen-bond donors (Lipinski definition) is 0. The molecule has 0 fully saturated rings. The Bertz CT molecular complexity index is 1370. The molecular formula is C27H19F3O5. The molecule has 35 heavy (non-hydrogen) atoms. The molecule has 0 bridgehead atoms. The molecule has 3 aromatic rings. The number of esters is 2. The van der Waals surface area contributed by atoms with Crippen molar-refractivity contribution >= 4 is 11.9 Å². The van der Waals surface area contributed by atoms with E-state index in [4.69, 9.17) is 13.9 Å². The van der Waals surface area contributed by atoms with Crippen molar-refractivity contribution in [1.29, 1.82) is 0 Å². The Morgan fingerprint density at radius 2 is 1.40 bits per heavy atom. The van der Waals surface area contributed by atoms with Crippen LogP contribution in [-0.4, -0.2) is 11.9 Å². The molecule has 0 radical (unpaired) electrons. The van der Waals surface area contributed by atoms with Crippen molar-refractivity contribution in [3.63, 3.8) is 0 Å². The van der Waals surface area contributed by atoms with Gasteiger partial charge in [0.15, 0.2) is 5.76 Å². The molecule has 0 N–H and O–H groups in total. The maximum atomic E-state index is 13.7. The van der Waals surface area contributed by atoms with E-state index in [1.54, 1.807) is 24.3 Å². The normalized spacial score (nSPS) is 10.7. The minimum Gasteiger partial charge on any atom is -0.448 e. The molecule has 0 spiro atoms. The third kappa shape index (κ3) is 6.51. The van der Waals surface area contributed by atoms with E-state index in [-0.39, 0.29) is 34.0 Å². The second-order valence-corrected chi connectivity index (χ2v) is 7.48. The monoisotopic (exact) mass is 480 g/mol. The molecule has 1 aromatic heterocycles. The largest absolute Gasteiger partial charge is 0.448 e. The molecule has 0 saturated heterocycles. The summed E-state index contributed by atoms with van der Waals surface area (Å²) in [6.45, 7) is 9.83. The van der Waals surface area contributed by atoms with Crippen LogP contribution in [0.3, 0.4) is 0 Å². The van der Waals surface area contributed by atoms with Crippen LogP contribution >= 0.6 is 0 Å². The van der Waals surface area contributed by atoms with Crippen LogP contribution in [0.5, 0.6) is 11.5 Å². The van der Waals surface area contributed by atoms with E-state index >= 15 is 0 Å². The highest BCUT2D eigenvalue weighted by Crippen LogP contribution is 2.39. The topological polar surface area (TPSA) is 65.7 Å². The maximum Gasteiger partial charge on any atom is 0.417 e. The van der Waals surface area contributed by atoms with E-state index in [0.717, 1.165) is 12.1 Å². The second-order valence-electron chi connectivity index (χ2n) is 7.48. The van der Waals surface area contributed by atoms with Crippen LogP contribution in [0.4, 0.5) is 13.2 Å². The summed E-state index contributed by atoms with van der Waals surface area (Å²) >= 11 is 0. The first kappa shape index (κ1) is 25.1. The van der Waals surface area contributed by atoms with Crippen molar-refractivity contribution in [1.82, 2.24) is 0 Å². The molecule has 0 amide bonds. The number of ether oxygens (including phenoxy) is 2. The minimum atomic E-state index is -4.73. The molecule has 0 aliphatic carbocycles. The molecule has 0 atom stereocenters. The van der Waals surface area contributed by atoms with E-state index in [9.17, 15) is 22.8 Å². The minimum absolute atomic E-state index is 0.0542. The molecule has 1 heterocycles. The van der Waals surface area contributed by atoms with Crippen molar-refractivity contribution in [3.8, 4) is 34.7 Å². The highest BCUT2D eigenvalue weighted by Gasteiger charge is 2.35. The van der Waals surface area contributed by atoms with Gasteiger partial charge in [0.25, 0.3) is 0 Å². The van der Waals surface area contributed by atoms with E-state index in [1.165, 1.54) is 32.0 Å². The average Bonchev–Trinajstić information content (AvgIpc) is 3.26. The van der Waals surface area contributed by atoms with Gasteiger partial charge in [0.1, 0.15) is 17.3 Å². The van der Waals surface area contributed by atoms with E-state index in [1.807, 2.05) is 0 Å². The first-order valence-corrected chi connectivity index (χ1v) is 10.1. The van der Waals surface area contributed by atoms with Gasteiger partial charge in [0.2, 0.25) is 0 Å². The van der Waals surface area contributed by atoms with Crippen LogP contribution in [0, 0.1) is 11.8 Å². The average molecular weight is 480 g/mol. The lowest BCUT2D eigenvalue weighted by molar-refractivity contribution is -0.138. The number of alkyl halides is 3. The lowest BCUT2D eigenvalue weighted by atomic mass is 10.0. The Morgan fingerprint density at radius 3 is 1.97 bits per heavy atom. The molecule has 0 saturated carbocycles. The van der Waals surface area contributed by atoms with Gasteiger partial charge >= 0.3 is 18.1 Å². The zero-order valence-corrected chi connectivity index (χ0v) is 18.8. The van der Waals surface area contributed by atoms with E-state index in [0.29, 0.717) is 11.3 Å². The highest BCUT2D eigenvalue weighted by atomic mass is 19.4. The van der Waals surface area contributed by atoms with Gasteiger partial charge in [-0.2, -0.15) is 13.2 Å². The zero-order chi connectivity index (χ0) is 25.8. The fourth-order valence-corrected chi connectivity index (χ4v) is 2.71. The third-order valence-corrected chi connectivity index (χ3v) is 4.47. The summed E-state index contributed by atoms with van der Waals surface area (Å²) in [7, 11) is 0. The molecule has 0 unspecified atom stereocenters. The van der Waals surface area contributed by atoms with Gasteiger partial charge < -0.3 is 13.9 Å². The van der Waals surface area contributed by atoms with Crippen molar-refractivity contribution in [2.75, 3.05) is 0 Å². The molecule has 5 nitrogen and oxygen atoms in total.